The molecule has 0 aliphatic carbocycles. The topological polar surface area (TPSA) is 47.7 Å². The fourth-order valence-electron chi connectivity index (χ4n) is 2.34. The molecular formula is C16H25N5. The van der Waals surface area contributed by atoms with Gasteiger partial charge in [0.25, 0.3) is 0 Å². The minimum Gasteiger partial charge on any atom is -0.333 e. The number of hydrogen-bond acceptors (Lipinski definition) is 3. The zero-order valence-corrected chi connectivity index (χ0v) is 13.2. The second-order valence-corrected chi connectivity index (χ2v) is 5.79. The number of hydrogen-bond donors (Lipinski definition) is 1. The summed E-state index contributed by atoms with van der Waals surface area (Å²) >= 11 is 0. The third-order valence-corrected chi connectivity index (χ3v) is 3.35. The van der Waals surface area contributed by atoms with Crippen LogP contribution in [-0.2, 0) is 26.2 Å². The molecule has 21 heavy (non-hydrogen) atoms. The highest BCUT2D eigenvalue weighted by atomic mass is 15.3. The van der Waals surface area contributed by atoms with E-state index in [2.05, 4.69) is 46.6 Å². The van der Waals surface area contributed by atoms with E-state index < -0.39 is 0 Å². The maximum atomic E-state index is 4.46. The first-order valence-electron chi connectivity index (χ1n) is 7.43. The summed E-state index contributed by atoms with van der Waals surface area (Å²) in [4.78, 5) is 4.24. The van der Waals surface area contributed by atoms with E-state index in [1.165, 1.54) is 11.3 Å². The molecule has 0 saturated heterocycles. The third kappa shape index (κ3) is 4.29. The van der Waals surface area contributed by atoms with Gasteiger partial charge >= 0.3 is 0 Å². The van der Waals surface area contributed by atoms with Crippen molar-refractivity contribution in [2.45, 2.75) is 47.0 Å². The molecule has 114 valence electrons. The number of nitrogens with zero attached hydrogens (tertiary/aromatic N) is 4. The van der Waals surface area contributed by atoms with Crippen molar-refractivity contribution in [3.8, 4) is 0 Å². The predicted octanol–water partition coefficient (Wildman–Crippen LogP) is 2.52. The number of aryl methyl sites for hydroxylation is 1. The number of allylic oxidation sites excluding steroid dienone is 1. The van der Waals surface area contributed by atoms with Gasteiger partial charge in [0.15, 0.2) is 0 Å². The van der Waals surface area contributed by atoms with Gasteiger partial charge in [-0.1, -0.05) is 19.9 Å². The molecule has 2 heterocycles. The van der Waals surface area contributed by atoms with Crippen molar-refractivity contribution in [1.82, 2.24) is 24.6 Å². The molecule has 0 atom stereocenters. The summed E-state index contributed by atoms with van der Waals surface area (Å²) in [5, 5.41) is 7.93. The quantitative estimate of drug-likeness (QED) is 0.759. The smallest absolute Gasteiger partial charge is 0.0948 e. The maximum absolute atomic E-state index is 4.46. The fraction of sp³-hybridized carbons (Fsp3) is 0.500. The van der Waals surface area contributed by atoms with Crippen LogP contribution in [0.1, 0.15) is 30.8 Å². The molecule has 2 aromatic heterocycles. The summed E-state index contributed by atoms with van der Waals surface area (Å²) < 4.78 is 4.13. The van der Waals surface area contributed by atoms with E-state index in [1.807, 2.05) is 30.2 Å². The van der Waals surface area contributed by atoms with Gasteiger partial charge in [0.05, 0.1) is 24.3 Å². The van der Waals surface area contributed by atoms with E-state index in [0.29, 0.717) is 5.92 Å². The molecule has 0 unspecified atom stereocenters. The van der Waals surface area contributed by atoms with Crippen LogP contribution in [0.3, 0.4) is 0 Å². The molecule has 5 heteroatoms. The second kappa shape index (κ2) is 7.22. The zero-order chi connectivity index (χ0) is 15.2. The van der Waals surface area contributed by atoms with Crippen molar-refractivity contribution in [3.63, 3.8) is 0 Å². The summed E-state index contributed by atoms with van der Waals surface area (Å²) in [6.45, 7) is 13.6. The first-order chi connectivity index (χ1) is 10.1. The Bertz CT molecular complexity index is 579. The minimum atomic E-state index is 0.623. The largest absolute Gasteiger partial charge is 0.333 e. The molecule has 0 amide bonds. The molecule has 1 N–H and O–H groups in total. The van der Waals surface area contributed by atoms with Crippen LogP contribution >= 0.6 is 0 Å². The summed E-state index contributed by atoms with van der Waals surface area (Å²) in [6.07, 6.45) is 7.78. The predicted molar refractivity (Wildman–Crippen MR) is 84.8 cm³/mol. The monoisotopic (exact) mass is 287 g/mol. The molecule has 0 aromatic carbocycles. The summed E-state index contributed by atoms with van der Waals surface area (Å²) in [7, 11) is 0. The van der Waals surface area contributed by atoms with Crippen molar-refractivity contribution in [3.05, 3.63) is 48.3 Å². The van der Waals surface area contributed by atoms with E-state index in [9.17, 15) is 0 Å². The lowest BCUT2D eigenvalue weighted by Crippen LogP contribution is -2.17. The molecule has 0 fully saturated rings. The molecule has 2 aromatic rings. The molecule has 0 bridgehead atoms. The van der Waals surface area contributed by atoms with Gasteiger partial charge in [-0.25, -0.2) is 4.98 Å². The molecule has 0 aliphatic heterocycles. The Morgan fingerprint density at radius 2 is 2.19 bits per heavy atom. The van der Waals surface area contributed by atoms with Gasteiger partial charge < -0.3 is 9.88 Å². The lowest BCUT2D eigenvalue weighted by atomic mass is 10.2. The van der Waals surface area contributed by atoms with Gasteiger partial charge in [0.2, 0.25) is 0 Å². The normalized spacial score (nSPS) is 11.2. The zero-order valence-electron chi connectivity index (χ0n) is 13.2. The molecule has 0 saturated carbocycles. The van der Waals surface area contributed by atoms with E-state index >= 15 is 0 Å². The summed E-state index contributed by atoms with van der Waals surface area (Å²) in [6, 6.07) is 0. The Labute approximate surface area is 126 Å². The number of nitrogens with one attached hydrogen (secondary N) is 1. The summed E-state index contributed by atoms with van der Waals surface area (Å²) in [5.74, 6) is 0.623. The highest BCUT2D eigenvalue weighted by Gasteiger charge is 2.06. The van der Waals surface area contributed by atoms with Crippen LogP contribution in [0.2, 0.25) is 0 Å². The van der Waals surface area contributed by atoms with Gasteiger partial charge in [-0.15, -0.1) is 6.58 Å². The Kier molecular flexibility index (Phi) is 5.33. The van der Waals surface area contributed by atoms with Crippen molar-refractivity contribution >= 4 is 0 Å². The van der Waals surface area contributed by atoms with Gasteiger partial charge in [-0.2, -0.15) is 5.10 Å². The Morgan fingerprint density at radius 1 is 1.38 bits per heavy atom. The van der Waals surface area contributed by atoms with E-state index in [1.54, 1.807) is 0 Å². The lowest BCUT2D eigenvalue weighted by Gasteiger charge is -2.11. The van der Waals surface area contributed by atoms with E-state index in [4.69, 9.17) is 0 Å². The number of rotatable bonds is 8. The van der Waals surface area contributed by atoms with Crippen molar-refractivity contribution < 1.29 is 0 Å². The fourth-order valence-corrected chi connectivity index (χ4v) is 2.34. The molecule has 0 aliphatic rings. The highest BCUT2D eigenvalue weighted by molar-refractivity contribution is 5.15. The molecule has 5 nitrogen and oxygen atoms in total. The first kappa shape index (κ1) is 15.5. The van der Waals surface area contributed by atoms with Crippen LogP contribution < -0.4 is 5.32 Å². The maximum Gasteiger partial charge on any atom is 0.0948 e. The van der Waals surface area contributed by atoms with Crippen molar-refractivity contribution in [2.24, 2.45) is 5.92 Å². The number of imidazole rings is 1. The van der Waals surface area contributed by atoms with Gasteiger partial charge in [-0.3, -0.25) is 4.68 Å². The van der Waals surface area contributed by atoms with Crippen LogP contribution in [-0.4, -0.2) is 19.3 Å². The Balaban J connectivity index is 1.89. The first-order valence-corrected chi connectivity index (χ1v) is 7.43. The van der Waals surface area contributed by atoms with Crippen LogP contribution in [0.15, 0.2) is 31.4 Å². The lowest BCUT2D eigenvalue weighted by molar-refractivity contribution is 0.500. The highest BCUT2D eigenvalue weighted by Crippen LogP contribution is 2.07. The van der Waals surface area contributed by atoms with Gasteiger partial charge in [0.1, 0.15) is 0 Å². The average molecular weight is 287 g/mol. The third-order valence-electron chi connectivity index (χ3n) is 3.35. The van der Waals surface area contributed by atoms with Crippen molar-refractivity contribution in [2.75, 3.05) is 0 Å². The SMILES string of the molecule is C=CCn1cc(CNCc2cncn2CC(C)C)c(C)n1. The molecular weight excluding hydrogens is 262 g/mol. The van der Waals surface area contributed by atoms with E-state index in [-0.39, 0.29) is 0 Å². The van der Waals surface area contributed by atoms with Crippen LogP contribution in [0.5, 0.6) is 0 Å². The van der Waals surface area contributed by atoms with Crippen LogP contribution in [0.4, 0.5) is 0 Å². The molecule has 2 rings (SSSR count). The molecule has 0 spiro atoms. The number of aromatic nitrogens is 4. The molecule has 0 radical (unpaired) electrons. The standard InChI is InChI=1S/C16H25N5/c1-5-6-21-11-15(14(4)19-21)7-17-8-16-9-18-12-20(16)10-13(2)3/h5,9,11-13,17H,1,6-8,10H2,2-4H3. The summed E-state index contributed by atoms with van der Waals surface area (Å²) in [5.41, 5.74) is 3.52. The average Bonchev–Trinajstić information content (AvgIpc) is 2.98. The Hall–Kier alpha value is -1.88. The van der Waals surface area contributed by atoms with Crippen LogP contribution in [0, 0.1) is 12.8 Å². The van der Waals surface area contributed by atoms with Gasteiger partial charge in [0, 0.05) is 37.6 Å². The van der Waals surface area contributed by atoms with Crippen molar-refractivity contribution in [1.29, 1.82) is 0 Å². The minimum absolute atomic E-state index is 0.623. The Morgan fingerprint density at radius 3 is 2.90 bits per heavy atom. The van der Waals surface area contributed by atoms with Gasteiger partial charge in [-0.05, 0) is 12.8 Å². The van der Waals surface area contributed by atoms with E-state index in [0.717, 1.165) is 31.9 Å². The second-order valence-electron chi connectivity index (χ2n) is 5.79. The van der Waals surface area contributed by atoms with Crippen LogP contribution in [0.25, 0.3) is 0 Å².